The van der Waals surface area contributed by atoms with E-state index >= 15 is 0 Å². The van der Waals surface area contributed by atoms with Crippen molar-refractivity contribution in [2.24, 2.45) is 0 Å². The largest absolute Gasteiger partial charge is 0.321 e. The maximum absolute atomic E-state index is 13.0. The lowest BCUT2D eigenvalue weighted by Gasteiger charge is -2.26. The number of carbonyl (C=O) groups excluding carboxylic acids is 2. The van der Waals surface area contributed by atoms with E-state index < -0.39 is 15.9 Å². The summed E-state index contributed by atoms with van der Waals surface area (Å²) in [4.78, 5) is 26.0. The summed E-state index contributed by atoms with van der Waals surface area (Å²) in [6.45, 7) is 0.988. The van der Waals surface area contributed by atoms with E-state index in [0.29, 0.717) is 29.9 Å². The van der Waals surface area contributed by atoms with Crippen molar-refractivity contribution in [3.05, 3.63) is 95.6 Å². The highest BCUT2D eigenvalue weighted by Crippen LogP contribution is 2.23. The van der Waals surface area contributed by atoms with Gasteiger partial charge < -0.3 is 5.32 Å². The van der Waals surface area contributed by atoms with Crippen molar-refractivity contribution in [3.63, 3.8) is 0 Å². The Morgan fingerprint density at radius 2 is 1.41 bits per heavy atom. The van der Waals surface area contributed by atoms with Gasteiger partial charge in [-0.15, -0.1) is 0 Å². The molecule has 0 atom stereocenters. The molecule has 0 saturated carbocycles. The molecule has 1 heterocycles. The van der Waals surface area contributed by atoms with Crippen molar-refractivity contribution in [3.8, 4) is 0 Å². The maximum Gasteiger partial charge on any atom is 0.255 e. The third-order valence-corrected chi connectivity index (χ3v) is 7.40. The quantitative estimate of drug-likeness (QED) is 0.569. The van der Waals surface area contributed by atoms with Gasteiger partial charge in [-0.25, -0.2) is 8.42 Å². The molecule has 0 radical (unpaired) electrons. The van der Waals surface area contributed by atoms with Crippen molar-refractivity contribution < 1.29 is 18.0 Å². The van der Waals surface area contributed by atoms with E-state index in [2.05, 4.69) is 5.32 Å². The summed E-state index contributed by atoms with van der Waals surface area (Å²) in [6, 6.07) is 21.6. The first-order valence-electron chi connectivity index (χ1n) is 10.6. The smallest absolute Gasteiger partial charge is 0.255 e. The number of nitrogens with one attached hydrogen (secondary N) is 1. The van der Waals surface area contributed by atoms with Gasteiger partial charge in [-0.2, -0.15) is 4.31 Å². The van der Waals surface area contributed by atoms with E-state index in [1.165, 1.54) is 16.4 Å². The van der Waals surface area contributed by atoms with Gasteiger partial charge in [-0.05, 0) is 43.2 Å². The van der Waals surface area contributed by atoms with Gasteiger partial charge in [0.25, 0.3) is 5.91 Å². The normalized spacial score (nSPS) is 14.6. The summed E-state index contributed by atoms with van der Waals surface area (Å²) in [7, 11) is -3.65. The van der Waals surface area contributed by atoms with Gasteiger partial charge in [0.05, 0.1) is 10.6 Å². The van der Waals surface area contributed by atoms with Gasteiger partial charge >= 0.3 is 0 Å². The molecule has 32 heavy (non-hydrogen) atoms. The number of sulfonamides is 1. The molecule has 1 aliphatic heterocycles. The molecular formula is C25H24N2O4S. The number of carbonyl (C=O) groups is 2. The van der Waals surface area contributed by atoms with Gasteiger partial charge in [0.2, 0.25) is 10.0 Å². The fourth-order valence-electron chi connectivity index (χ4n) is 3.78. The summed E-state index contributed by atoms with van der Waals surface area (Å²) in [5.41, 5.74) is 1.47. The lowest BCUT2D eigenvalue weighted by molar-refractivity contribution is 0.102. The van der Waals surface area contributed by atoms with E-state index in [0.717, 1.165) is 19.3 Å². The molecule has 1 aliphatic rings. The van der Waals surface area contributed by atoms with Crippen LogP contribution in [0.25, 0.3) is 0 Å². The molecular weight excluding hydrogens is 424 g/mol. The molecule has 0 unspecified atom stereocenters. The van der Waals surface area contributed by atoms with Crippen molar-refractivity contribution in [2.45, 2.75) is 24.2 Å². The first-order chi connectivity index (χ1) is 15.5. The number of benzene rings is 3. The first-order valence-corrected chi connectivity index (χ1v) is 12.0. The molecule has 1 fully saturated rings. The number of amides is 1. The zero-order chi connectivity index (χ0) is 22.6. The fourth-order valence-corrected chi connectivity index (χ4v) is 5.35. The molecule has 164 valence electrons. The zero-order valence-electron chi connectivity index (χ0n) is 17.5. The van der Waals surface area contributed by atoms with Crippen LogP contribution in [0.2, 0.25) is 0 Å². The highest BCUT2D eigenvalue weighted by molar-refractivity contribution is 7.89. The van der Waals surface area contributed by atoms with Gasteiger partial charge in [0.1, 0.15) is 0 Å². The molecule has 0 spiro atoms. The average molecular weight is 449 g/mol. The van der Waals surface area contributed by atoms with Crippen molar-refractivity contribution in [2.75, 3.05) is 18.4 Å². The maximum atomic E-state index is 13.0. The van der Waals surface area contributed by atoms with Crippen molar-refractivity contribution in [1.82, 2.24) is 4.31 Å². The molecule has 1 amide bonds. The topological polar surface area (TPSA) is 83.5 Å². The Morgan fingerprint density at radius 3 is 2.16 bits per heavy atom. The lowest BCUT2D eigenvalue weighted by atomic mass is 10.0. The van der Waals surface area contributed by atoms with Crippen LogP contribution in [0.4, 0.5) is 5.69 Å². The summed E-state index contributed by atoms with van der Waals surface area (Å²) >= 11 is 0. The average Bonchev–Trinajstić information content (AvgIpc) is 2.85. The fraction of sp³-hybridized carbons (Fsp3) is 0.200. The predicted octanol–water partition coefficient (Wildman–Crippen LogP) is 4.34. The van der Waals surface area contributed by atoms with Gasteiger partial charge in [-0.3, -0.25) is 9.59 Å². The standard InChI is InChI=1S/C25H24N2O4S/c28-24(19-10-3-1-4-11-19)22-14-5-6-15-23(22)26-25(29)20-12-9-13-21(18-20)32(30,31)27-16-7-2-8-17-27/h1,3-6,9-15,18H,2,7-8,16-17H2,(H,26,29). The molecule has 0 bridgehead atoms. The Hall–Kier alpha value is -3.29. The minimum Gasteiger partial charge on any atom is -0.321 e. The number of nitrogens with zero attached hydrogens (tertiary/aromatic N) is 1. The van der Waals surface area contributed by atoms with E-state index in [1.807, 2.05) is 6.07 Å². The van der Waals surface area contributed by atoms with Crippen molar-refractivity contribution in [1.29, 1.82) is 0 Å². The minimum atomic E-state index is -3.65. The molecule has 1 N–H and O–H groups in total. The molecule has 3 aromatic carbocycles. The highest BCUT2D eigenvalue weighted by atomic mass is 32.2. The van der Waals surface area contributed by atoms with Crippen molar-refractivity contribution >= 4 is 27.4 Å². The van der Waals surface area contributed by atoms with E-state index in [-0.39, 0.29) is 16.2 Å². The van der Waals surface area contributed by atoms with Crippen LogP contribution in [0.3, 0.4) is 0 Å². The van der Waals surface area contributed by atoms with Crippen LogP contribution in [0, 0.1) is 0 Å². The Kier molecular flexibility index (Phi) is 6.48. The number of rotatable bonds is 6. The molecule has 6 nitrogen and oxygen atoms in total. The number of para-hydroxylation sites is 1. The SMILES string of the molecule is O=C(Nc1ccccc1C(=O)c1ccccc1)c1cccc(S(=O)(=O)N2CCCCC2)c1. The van der Waals surface area contributed by atoms with Crippen LogP contribution in [-0.4, -0.2) is 37.5 Å². The van der Waals surface area contributed by atoms with Crippen LogP contribution >= 0.6 is 0 Å². The second kappa shape index (κ2) is 9.46. The van der Waals surface area contributed by atoms with E-state index in [1.54, 1.807) is 60.7 Å². The predicted molar refractivity (Wildman–Crippen MR) is 123 cm³/mol. The highest BCUT2D eigenvalue weighted by Gasteiger charge is 2.26. The molecule has 4 rings (SSSR count). The Bertz CT molecular complexity index is 1230. The number of ketones is 1. The monoisotopic (exact) mass is 448 g/mol. The molecule has 3 aromatic rings. The summed E-state index contributed by atoms with van der Waals surface area (Å²) in [5.74, 6) is -0.683. The van der Waals surface area contributed by atoms with Crippen LogP contribution in [0.5, 0.6) is 0 Å². The van der Waals surface area contributed by atoms with Gasteiger partial charge in [-0.1, -0.05) is 55.0 Å². The van der Waals surface area contributed by atoms with Crippen LogP contribution in [0.15, 0.2) is 83.8 Å². The number of piperidine rings is 1. The lowest BCUT2D eigenvalue weighted by Crippen LogP contribution is -2.35. The van der Waals surface area contributed by atoms with Crippen LogP contribution < -0.4 is 5.32 Å². The molecule has 7 heteroatoms. The number of hydrogen-bond donors (Lipinski definition) is 1. The molecule has 0 aliphatic carbocycles. The molecule has 1 saturated heterocycles. The van der Waals surface area contributed by atoms with Gasteiger partial charge in [0, 0.05) is 29.8 Å². The second-order valence-corrected chi connectivity index (χ2v) is 9.63. The molecule has 0 aromatic heterocycles. The summed E-state index contributed by atoms with van der Waals surface area (Å²) in [6.07, 6.45) is 2.70. The summed E-state index contributed by atoms with van der Waals surface area (Å²) in [5, 5.41) is 2.77. The number of hydrogen-bond acceptors (Lipinski definition) is 4. The number of anilines is 1. The van der Waals surface area contributed by atoms with E-state index in [9.17, 15) is 18.0 Å². The summed E-state index contributed by atoms with van der Waals surface area (Å²) < 4.78 is 27.4. The van der Waals surface area contributed by atoms with Crippen LogP contribution in [0.1, 0.15) is 45.5 Å². The van der Waals surface area contributed by atoms with E-state index in [4.69, 9.17) is 0 Å². The third-order valence-electron chi connectivity index (χ3n) is 5.50. The van der Waals surface area contributed by atoms with Crippen LogP contribution in [-0.2, 0) is 10.0 Å². The Labute approximate surface area is 187 Å². The third kappa shape index (κ3) is 4.64. The first kappa shape index (κ1) is 21.9. The zero-order valence-corrected chi connectivity index (χ0v) is 18.3. The Morgan fingerprint density at radius 1 is 0.750 bits per heavy atom. The Balaban J connectivity index is 1.58. The minimum absolute atomic E-state index is 0.0979. The van der Waals surface area contributed by atoms with Gasteiger partial charge in [0.15, 0.2) is 5.78 Å². The second-order valence-electron chi connectivity index (χ2n) is 7.69.